The molecule has 0 aliphatic heterocycles. The summed E-state index contributed by atoms with van der Waals surface area (Å²) in [7, 11) is 0. The van der Waals surface area contributed by atoms with E-state index in [1.54, 1.807) is 10.5 Å². The van der Waals surface area contributed by atoms with Crippen LogP contribution in [0.5, 0.6) is 0 Å². The molecule has 112 valence electrons. The van der Waals surface area contributed by atoms with Crippen LogP contribution in [0.4, 0.5) is 10.2 Å². The zero-order chi connectivity index (χ0) is 15.4. The molecule has 5 nitrogen and oxygen atoms in total. The molecule has 0 bridgehead atoms. The maximum absolute atomic E-state index is 13.2. The summed E-state index contributed by atoms with van der Waals surface area (Å²) < 4.78 is 19.1. The first-order valence-electron chi connectivity index (χ1n) is 6.94. The van der Waals surface area contributed by atoms with Gasteiger partial charge in [-0.1, -0.05) is 0 Å². The highest BCUT2D eigenvalue weighted by Crippen LogP contribution is 2.38. The van der Waals surface area contributed by atoms with E-state index in [1.165, 1.54) is 11.5 Å². The van der Waals surface area contributed by atoms with Gasteiger partial charge in [0.1, 0.15) is 17.5 Å². The van der Waals surface area contributed by atoms with E-state index in [0.29, 0.717) is 5.65 Å². The Kier molecular flexibility index (Phi) is 2.80. The molecule has 0 amide bonds. The fraction of sp³-hybridized carbons (Fsp3) is 0.267. The number of halogens is 1. The van der Waals surface area contributed by atoms with E-state index in [1.807, 2.05) is 25.3 Å². The lowest BCUT2D eigenvalue weighted by molar-refractivity contribution is 0.0952. The van der Waals surface area contributed by atoms with Gasteiger partial charge in [0, 0.05) is 11.8 Å². The molecule has 1 saturated carbocycles. The Morgan fingerprint density at radius 2 is 2.27 bits per heavy atom. The molecule has 7 heteroatoms. The third-order valence-corrected chi connectivity index (χ3v) is 4.77. The van der Waals surface area contributed by atoms with Gasteiger partial charge in [-0.2, -0.15) is 4.37 Å². The predicted octanol–water partition coefficient (Wildman–Crippen LogP) is 2.89. The number of anilines is 1. The third kappa shape index (κ3) is 2.00. The number of hydrogen-bond donors (Lipinski definition) is 1. The van der Waals surface area contributed by atoms with Crippen molar-refractivity contribution in [2.75, 3.05) is 5.73 Å². The second kappa shape index (κ2) is 4.61. The molecule has 0 unspecified atom stereocenters. The van der Waals surface area contributed by atoms with Gasteiger partial charge >= 0.3 is 0 Å². The van der Waals surface area contributed by atoms with Crippen LogP contribution < -0.4 is 5.73 Å². The lowest BCUT2D eigenvalue weighted by Crippen LogP contribution is -2.10. The molecule has 0 saturated heterocycles. The van der Waals surface area contributed by atoms with Crippen LogP contribution in [-0.2, 0) is 0 Å². The van der Waals surface area contributed by atoms with Crippen LogP contribution in [0.3, 0.4) is 0 Å². The van der Waals surface area contributed by atoms with Crippen molar-refractivity contribution >= 4 is 28.8 Å². The van der Waals surface area contributed by atoms with Crippen LogP contribution in [-0.4, -0.2) is 25.7 Å². The normalized spacial score (nSPS) is 20.5. The number of carbonyl (C=O) groups excluding carboxylic acids is 1. The summed E-state index contributed by atoms with van der Waals surface area (Å²) in [5.41, 5.74) is 8.61. The van der Waals surface area contributed by atoms with Gasteiger partial charge in [-0.15, -0.1) is 0 Å². The number of rotatable bonds is 3. The second-order valence-electron chi connectivity index (χ2n) is 5.55. The molecule has 1 aliphatic rings. The number of carbonyl (C=O) groups is 1. The summed E-state index contributed by atoms with van der Waals surface area (Å²) >= 11 is 1.39. The molecule has 1 aliphatic carbocycles. The molecule has 1 fully saturated rings. The summed E-state index contributed by atoms with van der Waals surface area (Å²) in [5, 5.41) is 0. The molecular formula is C15H13FN4OS. The number of nitrogens with zero attached hydrogens (tertiary/aromatic N) is 3. The number of nitrogen functional groups attached to an aromatic ring is 1. The lowest BCUT2D eigenvalue weighted by atomic mass is 10.2. The molecule has 3 aromatic heterocycles. The van der Waals surface area contributed by atoms with Gasteiger partial charge in [0.2, 0.25) is 0 Å². The van der Waals surface area contributed by atoms with Crippen molar-refractivity contribution in [3.8, 4) is 10.4 Å². The number of aryl methyl sites for hydroxylation is 1. The predicted molar refractivity (Wildman–Crippen MR) is 82.8 cm³/mol. The SMILES string of the molecule is Cc1cc(-c2ccc3nc(N)c(C(=O)[C@@H]4C[C@@H]4F)n3c2)sn1. The maximum Gasteiger partial charge on any atom is 0.189 e. The molecular weight excluding hydrogens is 303 g/mol. The molecule has 2 N–H and O–H groups in total. The minimum atomic E-state index is -1.05. The molecule has 0 aromatic carbocycles. The fourth-order valence-electron chi connectivity index (χ4n) is 2.56. The lowest BCUT2D eigenvalue weighted by Gasteiger charge is -2.03. The van der Waals surface area contributed by atoms with E-state index in [2.05, 4.69) is 9.36 Å². The first-order chi connectivity index (χ1) is 10.5. The number of fused-ring (bicyclic) bond motifs is 1. The van der Waals surface area contributed by atoms with Crippen LogP contribution in [0, 0.1) is 12.8 Å². The summed E-state index contributed by atoms with van der Waals surface area (Å²) in [6.07, 6.45) is 1.04. The van der Waals surface area contributed by atoms with Gasteiger partial charge in [-0.3, -0.25) is 9.20 Å². The van der Waals surface area contributed by atoms with Gasteiger partial charge in [0.25, 0.3) is 0 Å². The van der Waals surface area contributed by atoms with Crippen LogP contribution in [0.15, 0.2) is 24.4 Å². The fourth-order valence-corrected chi connectivity index (χ4v) is 3.31. The van der Waals surface area contributed by atoms with Crippen molar-refractivity contribution in [2.45, 2.75) is 19.5 Å². The quantitative estimate of drug-likeness (QED) is 0.754. The molecule has 3 heterocycles. The molecule has 3 aromatic rings. The molecule has 0 radical (unpaired) electrons. The minimum absolute atomic E-state index is 0.154. The Labute approximate surface area is 129 Å². The number of imidazole rings is 1. The van der Waals surface area contributed by atoms with Crippen molar-refractivity contribution in [3.05, 3.63) is 35.8 Å². The number of nitrogens with two attached hydrogens (primary N) is 1. The number of Topliss-reactive ketones (excluding diaryl/α,β-unsaturated/α-hetero) is 1. The highest BCUT2D eigenvalue weighted by Gasteiger charge is 2.45. The maximum atomic E-state index is 13.2. The Hall–Kier alpha value is -2.28. The summed E-state index contributed by atoms with van der Waals surface area (Å²) in [4.78, 5) is 17.6. The van der Waals surface area contributed by atoms with E-state index in [4.69, 9.17) is 5.73 Å². The Morgan fingerprint density at radius 3 is 2.91 bits per heavy atom. The Bertz CT molecular complexity index is 900. The Morgan fingerprint density at radius 1 is 1.50 bits per heavy atom. The first-order valence-corrected chi connectivity index (χ1v) is 7.71. The van der Waals surface area contributed by atoms with Crippen LogP contribution in [0.25, 0.3) is 16.1 Å². The van der Waals surface area contributed by atoms with Gasteiger partial charge in [-0.25, -0.2) is 9.37 Å². The molecule has 4 rings (SSSR count). The largest absolute Gasteiger partial charge is 0.382 e. The number of hydrogen-bond acceptors (Lipinski definition) is 5. The van der Waals surface area contributed by atoms with Crippen molar-refractivity contribution < 1.29 is 9.18 Å². The number of pyridine rings is 1. The standard InChI is InChI=1S/C15H13FN4OS/c1-7-4-11(22-19-7)8-2-3-12-18-15(17)13(20(12)6-8)14(21)9-5-10(9)16/h2-4,6,9-10H,5,17H2,1H3/t9-,10+/m1/s1. The highest BCUT2D eigenvalue weighted by molar-refractivity contribution is 7.09. The van der Waals surface area contributed by atoms with Crippen molar-refractivity contribution in [2.24, 2.45) is 5.92 Å². The minimum Gasteiger partial charge on any atom is -0.382 e. The molecule has 2 atom stereocenters. The van der Waals surface area contributed by atoms with Gasteiger partial charge in [-0.05, 0) is 43.1 Å². The van der Waals surface area contributed by atoms with E-state index < -0.39 is 12.1 Å². The van der Waals surface area contributed by atoms with E-state index in [-0.39, 0.29) is 23.7 Å². The highest BCUT2D eigenvalue weighted by atomic mass is 32.1. The van der Waals surface area contributed by atoms with Gasteiger partial charge in [0.15, 0.2) is 11.6 Å². The summed E-state index contributed by atoms with van der Waals surface area (Å²) in [6, 6.07) is 5.70. The zero-order valence-electron chi connectivity index (χ0n) is 11.8. The molecule has 0 spiro atoms. The number of aromatic nitrogens is 3. The monoisotopic (exact) mass is 316 g/mol. The van der Waals surface area contributed by atoms with Crippen molar-refractivity contribution in [1.29, 1.82) is 0 Å². The molecule has 22 heavy (non-hydrogen) atoms. The topological polar surface area (TPSA) is 73.3 Å². The zero-order valence-corrected chi connectivity index (χ0v) is 12.6. The summed E-state index contributed by atoms with van der Waals surface area (Å²) in [6.45, 7) is 1.93. The first kappa shape index (κ1) is 13.4. The van der Waals surface area contributed by atoms with Gasteiger partial charge in [0.05, 0.1) is 16.5 Å². The van der Waals surface area contributed by atoms with E-state index in [9.17, 15) is 9.18 Å². The van der Waals surface area contributed by atoms with E-state index in [0.717, 1.165) is 16.1 Å². The Balaban J connectivity index is 1.86. The third-order valence-electron chi connectivity index (χ3n) is 3.84. The summed E-state index contributed by atoms with van der Waals surface area (Å²) in [5.74, 6) is -0.687. The number of ketones is 1. The van der Waals surface area contributed by atoms with Crippen LogP contribution >= 0.6 is 11.5 Å². The average Bonchev–Trinajstić information content (AvgIpc) is 2.91. The van der Waals surface area contributed by atoms with Crippen molar-refractivity contribution in [3.63, 3.8) is 0 Å². The van der Waals surface area contributed by atoms with Gasteiger partial charge < -0.3 is 5.73 Å². The number of alkyl halides is 1. The average molecular weight is 316 g/mol. The van der Waals surface area contributed by atoms with E-state index >= 15 is 0 Å². The van der Waals surface area contributed by atoms with Crippen molar-refractivity contribution in [1.82, 2.24) is 13.8 Å². The van der Waals surface area contributed by atoms with Crippen LogP contribution in [0.2, 0.25) is 0 Å². The smallest absolute Gasteiger partial charge is 0.189 e. The second-order valence-corrected chi connectivity index (χ2v) is 6.35. The van der Waals surface area contributed by atoms with Crippen LogP contribution in [0.1, 0.15) is 22.6 Å².